The lowest BCUT2D eigenvalue weighted by molar-refractivity contribution is 0.101. The number of amides is 1. The predicted octanol–water partition coefficient (Wildman–Crippen LogP) is 2.79. The van der Waals surface area contributed by atoms with Gasteiger partial charge >= 0.3 is 0 Å². The predicted molar refractivity (Wildman–Crippen MR) is 69.1 cm³/mol. The van der Waals surface area contributed by atoms with Crippen LogP contribution in [0.2, 0.25) is 5.02 Å². The topological polar surface area (TPSA) is 60.0 Å². The van der Waals surface area contributed by atoms with Crippen molar-refractivity contribution in [1.29, 1.82) is 0 Å². The summed E-state index contributed by atoms with van der Waals surface area (Å²) in [7, 11) is 1.62. The molecule has 19 heavy (non-hydrogen) atoms. The van der Waals surface area contributed by atoms with Crippen LogP contribution in [0.3, 0.4) is 0 Å². The first kappa shape index (κ1) is 13.4. The van der Waals surface area contributed by atoms with Gasteiger partial charge in [0.05, 0.1) is 16.4 Å². The first-order valence-electron chi connectivity index (χ1n) is 5.26. The third-order valence-electron chi connectivity index (χ3n) is 2.50. The van der Waals surface area contributed by atoms with Crippen molar-refractivity contribution in [2.24, 2.45) is 7.05 Å². The van der Waals surface area contributed by atoms with Crippen LogP contribution in [0.15, 0.2) is 24.4 Å². The summed E-state index contributed by atoms with van der Waals surface area (Å²) in [5, 5.41) is 2.07. The van der Waals surface area contributed by atoms with Crippen molar-refractivity contribution in [2.75, 3.05) is 11.1 Å². The molecule has 0 aliphatic carbocycles. The maximum Gasteiger partial charge on any atom is 0.272 e. The van der Waals surface area contributed by atoms with Gasteiger partial charge in [-0.3, -0.25) is 4.79 Å². The number of nitrogens with zero attached hydrogens (tertiary/aromatic N) is 1. The summed E-state index contributed by atoms with van der Waals surface area (Å²) in [6.45, 7) is 0. The summed E-state index contributed by atoms with van der Waals surface area (Å²) in [5.74, 6) is -2.35. The number of nitrogen functional groups attached to an aromatic ring is 1. The SMILES string of the molecule is Cn1cc(N)cc1C(=O)Nc1c(F)cc(F)cc1Cl. The quantitative estimate of drug-likeness (QED) is 0.891. The van der Waals surface area contributed by atoms with Crippen molar-refractivity contribution in [1.82, 2.24) is 4.57 Å². The second-order valence-corrected chi connectivity index (χ2v) is 4.38. The number of halogens is 3. The molecule has 0 aliphatic heterocycles. The van der Waals surface area contributed by atoms with E-state index in [4.69, 9.17) is 17.3 Å². The number of anilines is 2. The Kier molecular flexibility index (Phi) is 3.44. The fraction of sp³-hybridized carbons (Fsp3) is 0.0833. The monoisotopic (exact) mass is 285 g/mol. The van der Waals surface area contributed by atoms with E-state index in [1.165, 1.54) is 16.8 Å². The molecule has 2 aromatic rings. The van der Waals surface area contributed by atoms with Crippen LogP contribution in [-0.2, 0) is 7.05 Å². The number of rotatable bonds is 2. The third-order valence-corrected chi connectivity index (χ3v) is 2.80. The number of nitrogens with two attached hydrogens (primary N) is 1. The Morgan fingerprint density at radius 3 is 2.58 bits per heavy atom. The van der Waals surface area contributed by atoms with Crippen LogP contribution in [0, 0.1) is 11.6 Å². The Morgan fingerprint density at radius 2 is 2.05 bits per heavy atom. The Morgan fingerprint density at radius 1 is 1.37 bits per heavy atom. The molecule has 0 spiro atoms. The smallest absolute Gasteiger partial charge is 0.272 e. The fourth-order valence-corrected chi connectivity index (χ4v) is 1.90. The van der Waals surface area contributed by atoms with E-state index in [0.717, 1.165) is 6.07 Å². The lowest BCUT2D eigenvalue weighted by Crippen LogP contribution is -2.16. The van der Waals surface area contributed by atoms with Gasteiger partial charge in [0.2, 0.25) is 0 Å². The number of aryl methyl sites for hydroxylation is 1. The highest BCUT2D eigenvalue weighted by Gasteiger charge is 2.16. The summed E-state index contributed by atoms with van der Waals surface area (Å²) in [6.07, 6.45) is 1.54. The van der Waals surface area contributed by atoms with E-state index in [2.05, 4.69) is 5.32 Å². The average molecular weight is 286 g/mol. The number of hydrogen-bond acceptors (Lipinski definition) is 2. The summed E-state index contributed by atoms with van der Waals surface area (Å²) in [4.78, 5) is 11.9. The molecule has 0 unspecified atom stereocenters. The van der Waals surface area contributed by atoms with Crippen LogP contribution in [0.5, 0.6) is 0 Å². The molecule has 0 aliphatic rings. The zero-order valence-electron chi connectivity index (χ0n) is 9.88. The highest BCUT2D eigenvalue weighted by atomic mass is 35.5. The summed E-state index contributed by atoms with van der Waals surface area (Å²) in [5.41, 5.74) is 5.90. The minimum atomic E-state index is -0.944. The standard InChI is InChI=1S/C12H10ClF2N3O/c1-18-5-7(16)4-10(18)12(19)17-11-8(13)2-6(14)3-9(11)15/h2-5H,16H2,1H3,(H,17,19). The zero-order chi connectivity index (χ0) is 14.2. The Bertz CT molecular complexity index is 631. The third kappa shape index (κ3) is 2.68. The number of aromatic nitrogens is 1. The fourth-order valence-electron chi connectivity index (χ4n) is 1.66. The van der Waals surface area contributed by atoms with Gasteiger partial charge in [-0.05, 0) is 12.1 Å². The summed E-state index contributed by atoms with van der Waals surface area (Å²) >= 11 is 5.69. The van der Waals surface area contributed by atoms with Crippen molar-refractivity contribution in [2.45, 2.75) is 0 Å². The molecule has 1 aromatic heterocycles. The lowest BCUT2D eigenvalue weighted by Gasteiger charge is -2.09. The lowest BCUT2D eigenvalue weighted by atomic mass is 10.2. The normalized spacial score (nSPS) is 10.5. The molecule has 100 valence electrons. The van der Waals surface area contributed by atoms with Crippen molar-refractivity contribution in [3.8, 4) is 0 Å². The van der Waals surface area contributed by atoms with Crippen LogP contribution >= 0.6 is 11.6 Å². The van der Waals surface area contributed by atoms with Gasteiger partial charge < -0.3 is 15.6 Å². The highest BCUT2D eigenvalue weighted by Crippen LogP contribution is 2.27. The molecule has 7 heteroatoms. The van der Waals surface area contributed by atoms with Crippen LogP contribution in [0.4, 0.5) is 20.2 Å². The molecule has 2 rings (SSSR count). The molecule has 1 aromatic carbocycles. The molecule has 0 bridgehead atoms. The number of hydrogen-bond donors (Lipinski definition) is 2. The second kappa shape index (κ2) is 4.89. The van der Waals surface area contributed by atoms with Crippen LogP contribution in [0.25, 0.3) is 0 Å². The number of carbonyl (C=O) groups is 1. The first-order valence-corrected chi connectivity index (χ1v) is 5.64. The van der Waals surface area contributed by atoms with E-state index in [1.54, 1.807) is 7.05 Å². The maximum absolute atomic E-state index is 13.5. The van der Waals surface area contributed by atoms with E-state index in [9.17, 15) is 13.6 Å². The van der Waals surface area contributed by atoms with E-state index < -0.39 is 17.5 Å². The van der Waals surface area contributed by atoms with Crippen LogP contribution in [-0.4, -0.2) is 10.5 Å². The molecular formula is C12H10ClF2N3O. The molecule has 0 saturated heterocycles. The van der Waals surface area contributed by atoms with Crippen LogP contribution < -0.4 is 11.1 Å². The number of nitrogens with one attached hydrogen (secondary N) is 1. The molecule has 0 radical (unpaired) electrons. The van der Waals surface area contributed by atoms with E-state index >= 15 is 0 Å². The summed E-state index contributed by atoms with van der Waals surface area (Å²) < 4.78 is 27.9. The van der Waals surface area contributed by atoms with E-state index in [0.29, 0.717) is 11.8 Å². The average Bonchev–Trinajstić information content (AvgIpc) is 2.62. The molecule has 3 N–H and O–H groups in total. The molecule has 4 nitrogen and oxygen atoms in total. The van der Waals surface area contributed by atoms with Crippen LogP contribution in [0.1, 0.15) is 10.5 Å². The molecule has 0 saturated carbocycles. The van der Waals surface area contributed by atoms with Crippen molar-refractivity contribution < 1.29 is 13.6 Å². The number of carbonyl (C=O) groups excluding carboxylic acids is 1. The van der Waals surface area contributed by atoms with Gasteiger partial charge in [-0.25, -0.2) is 8.78 Å². The van der Waals surface area contributed by atoms with Gasteiger partial charge in [0.15, 0.2) is 5.82 Å². The number of benzene rings is 1. The molecule has 1 heterocycles. The first-order chi connectivity index (χ1) is 8.88. The Hall–Kier alpha value is -2.08. The van der Waals surface area contributed by atoms with Gasteiger partial charge in [0.25, 0.3) is 5.91 Å². The Balaban J connectivity index is 2.32. The molecule has 1 amide bonds. The van der Waals surface area contributed by atoms with Gasteiger partial charge in [-0.2, -0.15) is 0 Å². The van der Waals surface area contributed by atoms with Gasteiger partial charge in [-0.15, -0.1) is 0 Å². The van der Waals surface area contributed by atoms with Crippen molar-refractivity contribution >= 4 is 28.9 Å². The Labute approximate surface area is 112 Å². The van der Waals surface area contributed by atoms with E-state index in [-0.39, 0.29) is 16.4 Å². The second-order valence-electron chi connectivity index (χ2n) is 3.97. The maximum atomic E-state index is 13.5. The molecule has 0 atom stereocenters. The van der Waals surface area contributed by atoms with Gasteiger partial charge in [-0.1, -0.05) is 11.6 Å². The summed E-state index contributed by atoms with van der Waals surface area (Å²) in [6, 6.07) is 2.99. The molecule has 0 fully saturated rings. The minimum Gasteiger partial charge on any atom is -0.397 e. The van der Waals surface area contributed by atoms with Gasteiger partial charge in [0, 0.05) is 19.3 Å². The zero-order valence-corrected chi connectivity index (χ0v) is 10.6. The van der Waals surface area contributed by atoms with Crippen molar-refractivity contribution in [3.05, 3.63) is 46.7 Å². The van der Waals surface area contributed by atoms with E-state index in [1.807, 2.05) is 0 Å². The highest BCUT2D eigenvalue weighted by molar-refractivity contribution is 6.34. The van der Waals surface area contributed by atoms with Crippen molar-refractivity contribution in [3.63, 3.8) is 0 Å². The molecular weight excluding hydrogens is 276 g/mol. The minimum absolute atomic E-state index is 0.215. The largest absolute Gasteiger partial charge is 0.397 e. The van der Waals surface area contributed by atoms with Gasteiger partial charge in [0.1, 0.15) is 11.5 Å².